The molecule has 0 aromatic rings. The fraction of sp³-hybridized carbons (Fsp3) is 1.00. The predicted molar refractivity (Wildman–Crippen MR) is 43.2 cm³/mol. The Morgan fingerprint density at radius 3 is 3.00 bits per heavy atom. The summed E-state index contributed by atoms with van der Waals surface area (Å²) >= 11 is 0. The summed E-state index contributed by atoms with van der Waals surface area (Å²) in [6.07, 6.45) is 4.84. The van der Waals surface area contributed by atoms with Gasteiger partial charge in [0.2, 0.25) is 0 Å². The van der Waals surface area contributed by atoms with Gasteiger partial charge in [-0.3, -0.25) is 4.39 Å². The molecule has 0 bridgehead atoms. The Kier molecular flexibility index (Phi) is 1.88. The predicted octanol–water partition coefficient (Wildman–Crippen LogP) is 1.74. The Morgan fingerprint density at radius 2 is 2.36 bits per heavy atom. The van der Waals surface area contributed by atoms with Crippen LogP contribution in [-0.2, 0) is 0 Å². The zero-order chi connectivity index (χ0) is 7.73. The van der Waals surface area contributed by atoms with E-state index in [-0.39, 0.29) is 6.67 Å². The standard InChI is InChI=1S/C9H16FN/c10-6-8-2-1-3-9(8)4-5-11-7-9/h8,11H,1-7H2. The van der Waals surface area contributed by atoms with Crippen LogP contribution in [-0.4, -0.2) is 19.8 Å². The van der Waals surface area contributed by atoms with Crippen LogP contribution in [0.3, 0.4) is 0 Å². The van der Waals surface area contributed by atoms with Gasteiger partial charge >= 0.3 is 0 Å². The lowest BCUT2D eigenvalue weighted by Gasteiger charge is -2.28. The lowest BCUT2D eigenvalue weighted by atomic mass is 9.78. The summed E-state index contributed by atoms with van der Waals surface area (Å²) in [6, 6.07) is 0. The van der Waals surface area contributed by atoms with Gasteiger partial charge in [-0.05, 0) is 37.1 Å². The maximum absolute atomic E-state index is 12.6. The third-order valence-electron chi connectivity index (χ3n) is 3.56. The molecule has 1 N–H and O–H groups in total. The molecule has 2 rings (SSSR count). The minimum atomic E-state index is -0.0956. The average molecular weight is 157 g/mol. The summed E-state index contributed by atoms with van der Waals surface area (Å²) in [5.41, 5.74) is 0.370. The van der Waals surface area contributed by atoms with Gasteiger partial charge in [-0.15, -0.1) is 0 Å². The van der Waals surface area contributed by atoms with Gasteiger partial charge in [0.15, 0.2) is 0 Å². The van der Waals surface area contributed by atoms with E-state index >= 15 is 0 Å². The van der Waals surface area contributed by atoms with Crippen molar-refractivity contribution in [3.8, 4) is 0 Å². The van der Waals surface area contributed by atoms with Crippen LogP contribution in [0.25, 0.3) is 0 Å². The van der Waals surface area contributed by atoms with E-state index in [4.69, 9.17) is 0 Å². The third kappa shape index (κ3) is 1.08. The van der Waals surface area contributed by atoms with Gasteiger partial charge in [0.25, 0.3) is 0 Å². The highest BCUT2D eigenvalue weighted by Gasteiger charge is 2.44. The normalized spacial score (nSPS) is 43.9. The summed E-state index contributed by atoms with van der Waals surface area (Å²) in [5, 5.41) is 3.35. The van der Waals surface area contributed by atoms with Gasteiger partial charge in [-0.2, -0.15) is 0 Å². The summed E-state index contributed by atoms with van der Waals surface area (Å²) in [4.78, 5) is 0. The number of alkyl halides is 1. The Labute approximate surface area is 67.4 Å². The first-order valence-electron chi connectivity index (χ1n) is 4.64. The van der Waals surface area contributed by atoms with Crippen molar-refractivity contribution in [2.24, 2.45) is 11.3 Å². The smallest absolute Gasteiger partial charge is 0.0928 e. The van der Waals surface area contributed by atoms with E-state index < -0.39 is 0 Å². The minimum absolute atomic E-state index is 0.0956. The van der Waals surface area contributed by atoms with Crippen molar-refractivity contribution in [3.63, 3.8) is 0 Å². The lowest BCUT2D eigenvalue weighted by Crippen LogP contribution is -2.29. The molecule has 0 aromatic heterocycles. The van der Waals surface area contributed by atoms with Crippen LogP contribution >= 0.6 is 0 Å². The molecule has 0 radical (unpaired) electrons. The number of hydrogen-bond acceptors (Lipinski definition) is 1. The summed E-state index contributed by atoms with van der Waals surface area (Å²) in [6.45, 7) is 2.08. The first-order chi connectivity index (χ1) is 5.37. The second kappa shape index (κ2) is 2.74. The lowest BCUT2D eigenvalue weighted by molar-refractivity contribution is 0.186. The van der Waals surface area contributed by atoms with Crippen molar-refractivity contribution < 1.29 is 4.39 Å². The van der Waals surface area contributed by atoms with Crippen LogP contribution < -0.4 is 5.32 Å². The van der Waals surface area contributed by atoms with Gasteiger partial charge in [0.1, 0.15) is 0 Å². The first kappa shape index (κ1) is 7.53. The summed E-state index contributed by atoms with van der Waals surface area (Å²) in [5.74, 6) is 0.373. The molecule has 2 aliphatic rings. The van der Waals surface area contributed by atoms with E-state index in [0.29, 0.717) is 11.3 Å². The van der Waals surface area contributed by atoms with E-state index in [1.54, 1.807) is 0 Å². The van der Waals surface area contributed by atoms with Crippen molar-refractivity contribution in [1.82, 2.24) is 5.32 Å². The van der Waals surface area contributed by atoms with Crippen LogP contribution in [0.4, 0.5) is 4.39 Å². The second-order valence-corrected chi connectivity index (χ2v) is 4.03. The van der Waals surface area contributed by atoms with Crippen molar-refractivity contribution in [3.05, 3.63) is 0 Å². The molecular weight excluding hydrogens is 141 g/mol. The van der Waals surface area contributed by atoms with E-state index in [2.05, 4.69) is 5.32 Å². The van der Waals surface area contributed by atoms with Gasteiger partial charge in [0, 0.05) is 6.54 Å². The molecule has 1 nitrogen and oxygen atoms in total. The van der Waals surface area contributed by atoms with Gasteiger partial charge in [-0.1, -0.05) is 6.42 Å². The highest BCUT2D eigenvalue weighted by atomic mass is 19.1. The number of hydrogen-bond donors (Lipinski definition) is 1. The van der Waals surface area contributed by atoms with Crippen LogP contribution in [0.2, 0.25) is 0 Å². The van der Waals surface area contributed by atoms with E-state index in [1.807, 2.05) is 0 Å². The summed E-state index contributed by atoms with van der Waals surface area (Å²) in [7, 11) is 0. The number of halogens is 1. The van der Waals surface area contributed by atoms with Gasteiger partial charge in [0.05, 0.1) is 6.67 Å². The zero-order valence-corrected chi connectivity index (χ0v) is 6.91. The van der Waals surface area contributed by atoms with Crippen molar-refractivity contribution in [1.29, 1.82) is 0 Å². The van der Waals surface area contributed by atoms with Crippen molar-refractivity contribution >= 4 is 0 Å². The molecule has 1 aliphatic heterocycles. The zero-order valence-electron chi connectivity index (χ0n) is 6.91. The SMILES string of the molecule is FCC1CCCC12CCNC2. The van der Waals surface area contributed by atoms with Gasteiger partial charge in [-0.25, -0.2) is 0 Å². The van der Waals surface area contributed by atoms with Crippen LogP contribution in [0, 0.1) is 11.3 Å². The molecule has 0 aromatic carbocycles. The van der Waals surface area contributed by atoms with E-state index in [1.165, 1.54) is 19.3 Å². The Bertz CT molecular complexity index is 135. The molecule has 1 heterocycles. The van der Waals surface area contributed by atoms with Crippen LogP contribution in [0.1, 0.15) is 25.7 Å². The maximum Gasteiger partial charge on any atom is 0.0928 e. The molecule has 1 spiro atoms. The highest BCUT2D eigenvalue weighted by molar-refractivity contribution is 4.97. The third-order valence-corrected chi connectivity index (χ3v) is 3.56. The molecule has 1 saturated carbocycles. The van der Waals surface area contributed by atoms with Crippen LogP contribution in [0.15, 0.2) is 0 Å². The molecule has 1 saturated heterocycles. The van der Waals surface area contributed by atoms with Crippen LogP contribution in [0.5, 0.6) is 0 Å². The molecule has 0 amide bonds. The molecule has 2 fully saturated rings. The quantitative estimate of drug-likeness (QED) is 0.611. The Balaban J connectivity index is 2.09. The highest BCUT2D eigenvalue weighted by Crippen LogP contribution is 2.47. The minimum Gasteiger partial charge on any atom is -0.316 e. The molecule has 11 heavy (non-hydrogen) atoms. The maximum atomic E-state index is 12.6. The Morgan fingerprint density at radius 1 is 1.45 bits per heavy atom. The van der Waals surface area contributed by atoms with E-state index in [0.717, 1.165) is 19.5 Å². The summed E-state index contributed by atoms with van der Waals surface area (Å²) < 4.78 is 12.6. The molecule has 2 unspecified atom stereocenters. The molecular formula is C9H16FN. The van der Waals surface area contributed by atoms with Gasteiger partial charge < -0.3 is 5.32 Å². The molecule has 2 heteroatoms. The second-order valence-electron chi connectivity index (χ2n) is 4.03. The van der Waals surface area contributed by atoms with E-state index in [9.17, 15) is 4.39 Å². The topological polar surface area (TPSA) is 12.0 Å². The fourth-order valence-electron chi connectivity index (χ4n) is 2.78. The number of nitrogens with one attached hydrogen (secondary N) is 1. The largest absolute Gasteiger partial charge is 0.316 e. The monoisotopic (exact) mass is 157 g/mol. The van der Waals surface area contributed by atoms with Crippen molar-refractivity contribution in [2.75, 3.05) is 19.8 Å². The molecule has 2 atom stereocenters. The van der Waals surface area contributed by atoms with Crippen molar-refractivity contribution in [2.45, 2.75) is 25.7 Å². The Hall–Kier alpha value is -0.110. The fourth-order valence-corrected chi connectivity index (χ4v) is 2.78. The first-order valence-corrected chi connectivity index (χ1v) is 4.64. The average Bonchev–Trinajstić information content (AvgIpc) is 2.62. The molecule has 64 valence electrons. The molecule has 1 aliphatic carbocycles. The number of rotatable bonds is 1.